The number of carbonyl (C=O) groups excluding carboxylic acids is 1. The maximum absolute atomic E-state index is 13.2. The Balaban J connectivity index is 2.68. The van der Waals surface area contributed by atoms with Gasteiger partial charge in [-0.25, -0.2) is 13.2 Å². The van der Waals surface area contributed by atoms with Crippen molar-refractivity contribution in [2.75, 3.05) is 18.0 Å². The van der Waals surface area contributed by atoms with Crippen molar-refractivity contribution in [3.05, 3.63) is 70.2 Å². The van der Waals surface area contributed by atoms with E-state index >= 15 is 0 Å². The van der Waals surface area contributed by atoms with Crippen LogP contribution in [-0.4, -0.2) is 28.0 Å². The summed E-state index contributed by atoms with van der Waals surface area (Å²) >= 11 is 12.0. The molecule has 0 heterocycles. The summed E-state index contributed by atoms with van der Waals surface area (Å²) < 4.78 is 32.3. The lowest BCUT2D eigenvalue weighted by molar-refractivity contribution is 0.0600. The van der Waals surface area contributed by atoms with E-state index in [1.807, 2.05) is 0 Å². The second-order valence-corrected chi connectivity index (χ2v) is 8.02. The van der Waals surface area contributed by atoms with Gasteiger partial charge < -0.3 is 4.74 Å². The van der Waals surface area contributed by atoms with Crippen LogP contribution < -0.4 is 4.31 Å². The number of benzene rings is 2. The molecule has 0 saturated heterocycles. The minimum Gasteiger partial charge on any atom is -0.465 e. The van der Waals surface area contributed by atoms with E-state index in [2.05, 4.69) is 6.58 Å². The van der Waals surface area contributed by atoms with Crippen LogP contribution in [0.2, 0.25) is 10.0 Å². The third-order valence-electron chi connectivity index (χ3n) is 3.74. The molecule has 2 aromatic rings. The summed E-state index contributed by atoms with van der Waals surface area (Å²) in [4.78, 5) is 11.8. The molecule has 0 unspecified atom stereocenters. The topological polar surface area (TPSA) is 63.7 Å². The fourth-order valence-electron chi connectivity index (χ4n) is 2.46. The first kappa shape index (κ1) is 20.3. The molecule has 8 heteroatoms. The summed E-state index contributed by atoms with van der Waals surface area (Å²) in [5, 5.41) is 0.289. The molecule has 0 spiro atoms. The first-order valence-electron chi connectivity index (χ1n) is 7.50. The van der Waals surface area contributed by atoms with Crippen molar-refractivity contribution < 1.29 is 17.9 Å². The van der Waals surface area contributed by atoms with Gasteiger partial charge in [0.1, 0.15) is 4.90 Å². The quantitative estimate of drug-likeness (QED) is 0.517. The lowest BCUT2D eigenvalue weighted by Crippen LogP contribution is -2.32. The predicted molar refractivity (Wildman–Crippen MR) is 104 cm³/mol. The molecule has 0 aromatic heterocycles. The number of anilines is 1. The van der Waals surface area contributed by atoms with Gasteiger partial charge in [0.2, 0.25) is 0 Å². The van der Waals surface area contributed by atoms with Crippen molar-refractivity contribution in [2.24, 2.45) is 0 Å². The van der Waals surface area contributed by atoms with Crippen LogP contribution >= 0.6 is 23.2 Å². The minimum atomic E-state index is -4.05. The zero-order valence-electron chi connectivity index (χ0n) is 14.2. The van der Waals surface area contributed by atoms with E-state index in [1.165, 1.54) is 31.4 Å². The Kier molecular flexibility index (Phi) is 6.34. The molecule has 0 atom stereocenters. The molecule has 5 nitrogen and oxygen atoms in total. The molecule has 0 aliphatic heterocycles. The number of hydrogen-bond donors (Lipinski definition) is 0. The Morgan fingerprint density at radius 1 is 1.27 bits per heavy atom. The zero-order valence-corrected chi connectivity index (χ0v) is 16.5. The van der Waals surface area contributed by atoms with Gasteiger partial charge in [0, 0.05) is 5.02 Å². The lowest BCUT2D eigenvalue weighted by Gasteiger charge is -2.26. The largest absolute Gasteiger partial charge is 0.465 e. The predicted octanol–water partition coefficient (Wildman–Crippen LogP) is 4.47. The first-order chi connectivity index (χ1) is 12.2. The lowest BCUT2D eigenvalue weighted by atomic mass is 10.1. The van der Waals surface area contributed by atoms with E-state index in [0.717, 1.165) is 4.31 Å². The number of carbonyl (C=O) groups is 1. The summed E-state index contributed by atoms with van der Waals surface area (Å²) in [5.74, 6) is -0.555. The van der Waals surface area contributed by atoms with Crippen molar-refractivity contribution in [3.8, 4) is 0 Å². The van der Waals surface area contributed by atoms with Gasteiger partial charge in [-0.05, 0) is 42.8 Å². The highest BCUT2D eigenvalue weighted by atomic mass is 35.5. The van der Waals surface area contributed by atoms with Crippen LogP contribution in [0.25, 0.3) is 0 Å². The summed E-state index contributed by atoms with van der Waals surface area (Å²) in [6, 6.07) is 8.95. The molecule has 0 aliphatic rings. The van der Waals surface area contributed by atoms with E-state index in [-0.39, 0.29) is 27.0 Å². The highest BCUT2D eigenvalue weighted by molar-refractivity contribution is 7.93. The van der Waals surface area contributed by atoms with E-state index < -0.39 is 16.0 Å². The molecule has 2 aromatic carbocycles. The van der Waals surface area contributed by atoms with Crippen molar-refractivity contribution >= 4 is 44.9 Å². The van der Waals surface area contributed by atoms with Gasteiger partial charge in [0.05, 0.1) is 29.9 Å². The molecule has 0 radical (unpaired) electrons. The third-order valence-corrected chi connectivity index (χ3v) is 6.23. The fraction of sp³-hybridized carbons (Fsp3) is 0.167. The second kappa shape index (κ2) is 8.12. The van der Waals surface area contributed by atoms with Crippen LogP contribution in [0.15, 0.2) is 53.9 Å². The molecule has 26 heavy (non-hydrogen) atoms. The van der Waals surface area contributed by atoms with Crippen LogP contribution in [-0.2, 0) is 14.8 Å². The van der Waals surface area contributed by atoms with Gasteiger partial charge in [0.25, 0.3) is 10.0 Å². The number of sulfonamides is 1. The van der Waals surface area contributed by atoms with E-state index in [9.17, 15) is 13.2 Å². The number of nitrogens with zero attached hydrogens (tertiary/aromatic N) is 1. The number of ether oxygens (including phenoxy) is 1. The van der Waals surface area contributed by atoms with Crippen LogP contribution in [0.4, 0.5) is 5.69 Å². The third kappa shape index (κ3) is 3.87. The maximum atomic E-state index is 13.2. The molecule has 0 aliphatic carbocycles. The van der Waals surface area contributed by atoms with E-state index in [0.29, 0.717) is 11.3 Å². The molecule has 0 bridgehead atoms. The molecule has 0 amide bonds. The van der Waals surface area contributed by atoms with Crippen LogP contribution in [0, 0.1) is 6.92 Å². The highest BCUT2D eigenvalue weighted by Gasteiger charge is 2.29. The van der Waals surface area contributed by atoms with Gasteiger partial charge in [-0.3, -0.25) is 4.31 Å². The van der Waals surface area contributed by atoms with Gasteiger partial charge >= 0.3 is 5.97 Å². The molecule has 2 rings (SSSR count). The van der Waals surface area contributed by atoms with Crippen molar-refractivity contribution in [1.29, 1.82) is 0 Å². The van der Waals surface area contributed by atoms with Crippen molar-refractivity contribution in [1.82, 2.24) is 0 Å². The number of esters is 1. The Morgan fingerprint density at radius 2 is 1.96 bits per heavy atom. The number of methoxy groups -OCH3 is 1. The fourth-order valence-corrected chi connectivity index (χ4v) is 4.69. The van der Waals surface area contributed by atoms with Gasteiger partial charge in [-0.15, -0.1) is 6.58 Å². The standard InChI is InChI=1S/C18H17Cl2NO4S/c1-4-10-21(16-7-5-6-14(12(16)2)18(22)25-3)26(23,24)17-11-13(19)8-9-15(17)20/h4-9,11H,1,10H2,2-3H3. The number of rotatable bonds is 6. The number of halogens is 2. The summed E-state index contributed by atoms with van der Waals surface area (Å²) in [6.45, 7) is 5.25. The average molecular weight is 414 g/mol. The summed E-state index contributed by atoms with van der Waals surface area (Å²) in [5.41, 5.74) is 1.05. The minimum absolute atomic E-state index is 0.0172. The summed E-state index contributed by atoms with van der Waals surface area (Å²) in [7, 11) is -2.79. The van der Waals surface area contributed by atoms with E-state index in [4.69, 9.17) is 27.9 Å². The van der Waals surface area contributed by atoms with Gasteiger partial charge in [-0.1, -0.05) is 35.3 Å². The van der Waals surface area contributed by atoms with Gasteiger partial charge in [0.15, 0.2) is 0 Å². The second-order valence-electron chi connectivity index (χ2n) is 5.34. The SMILES string of the molecule is C=CCN(c1cccc(C(=O)OC)c1C)S(=O)(=O)c1cc(Cl)ccc1Cl. The first-order valence-corrected chi connectivity index (χ1v) is 9.70. The van der Waals surface area contributed by atoms with Crippen molar-refractivity contribution in [3.63, 3.8) is 0 Å². The van der Waals surface area contributed by atoms with Crippen LogP contribution in [0.1, 0.15) is 15.9 Å². The Hall–Kier alpha value is -2.02. The molecule has 138 valence electrons. The normalized spacial score (nSPS) is 11.1. The smallest absolute Gasteiger partial charge is 0.338 e. The van der Waals surface area contributed by atoms with Crippen molar-refractivity contribution in [2.45, 2.75) is 11.8 Å². The Bertz CT molecular complexity index is 958. The average Bonchev–Trinajstić information content (AvgIpc) is 2.61. The zero-order chi connectivity index (χ0) is 19.5. The molecular formula is C18H17Cl2NO4S. The molecule has 0 saturated carbocycles. The molecule has 0 fully saturated rings. The molecular weight excluding hydrogens is 397 g/mol. The van der Waals surface area contributed by atoms with Gasteiger partial charge in [-0.2, -0.15) is 0 Å². The number of hydrogen-bond acceptors (Lipinski definition) is 4. The van der Waals surface area contributed by atoms with E-state index in [1.54, 1.807) is 25.1 Å². The monoisotopic (exact) mass is 413 g/mol. The highest BCUT2D eigenvalue weighted by Crippen LogP contribution is 2.33. The Morgan fingerprint density at radius 3 is 2.58 bits per heavy atom. The molecule has 0 N–H and O–H groups in total. The summed E-state index contributed by atoms with van der Waals surface area (Å²) in [6.07, 6.45) is 1.44. The van der Waals surface area contributed by atoms with Crippen LogP contribution in [0.5, 0.6) is 0 Å². The Labute approximate surface area is 162 Å². The maximum Gasteiger partial charge on any atom is 0.338 e. The van der Waals surface area contributed by atoms with Crippen LogP contribution in [0.3, 0.4) is 0 Å².